The van der Waals surface area contributed by atoms with Crippen molar-refractivity contribution in [1.82, 2.24) is 4.31 Å². The number of hydrogen-bond acceptors (Lipinski definition) is 4. The standard InChI is InChI=1S/C20H25NO4S/c1-15-12-16(2)14-20(13-15)25-18-6-4-17(5-7-18)24-19-8-10-21(11-9-19)26(3,22)23/h4-7,12-14,19H,8-11H2,1-3H3. The van der Waals surface area contributed by atoms with Gasteiger partial charge in [0.05, 0.1) is 6.26 Å². The Morgan fingerprint density at radius 3 is 1.96 bits per heavy atom. The lowest BCUT2D eigenvalue weighted by molar-refractivity contribution is 0.135. The molecular weight excluding hydrogens is 350 g/mol. The Balaban J connectivity index is 1.57. The second kappa shape index (κ2) is 7.68. The van der Waals surface area contributed by atoms with E-state index >= 15 is 0 Å². The second-order valence-corrected chi connectivity index (χ2v) is 8.86. The van der Waals surface area contributed by atoms with Gasteiger partial charge in [-0.1, -0.05) is 6.07 Å². The third kappa shape index (κ3) is 4.99. The third-order valence-corrected chi connectivity index (χ3v) is 5.73. The maximum absolute atomic E-state index is 11.6. The fourth-order valence-corrected chi connectivity index (χ4v) is 4.06. The molecule has 26 heavy (non-hydrogen) atoms. The van der Waals surface area contributed by atoms with Gasteiger partial charge in [-0.25, -0.2) is 12.7 Å². The van der Waals surface area contributed by atoms with Crippen molar-refractivity contribution in [3.8, 4) is 17.2 Å². The summed E-state index contributed by atoms with van der Waals surface area (Å²) in [5.41, 5.74) is 2.33. The molecule has 0 N–H and O–H groups in total. The fraction of sp³-hybridized carbons (Fsp3) is 0.400. The summed E-state index contributed by atoms with van der Waals surface area (Å²) < 4.78 is 36.5. The molecule has 1 heterocycles. The maximum Gasteiger partial charge on any atom is 0.211 e. The van der Waals surface area contributed by atoms with E-state index in [0.29, 0.717) is 25.9 Å². The normalized spacial score (nSPS) is 16.4. The number of aryl methyl sites for hydroxylation is 2. The van der Waals surface area contributed by atoms with E-state index in [2.05, 4.69) is 6.07 Å². The van der Waals surface area contributed by atoms with E-state index in [9.17, 15) is 8.42 Å². The molecule has 0 unspecified atom stereocenters. The molecule has 2 aromatic rings. The van der Waals surface area contributed by atoms with E-state index in [0.717, 1.165) is 17.2 Å². The molecule has 0 aliphatic carbocycles. The van der Waals surface area contributed by atoms with Gasteiger partial charge < -0.3 is 9.47 Å². The molecule has 0 aromatic heterocycles. The highest BCUT2D eigenvalue weighted by atomic mass is 32.2. The molecule has 140 valence electrons. The number of benzene rings is 2. The summed E-state index contributed by atoms with van der Waals surface area (Å²) in [7, 11) is -3.10. The number of ether oxygens (including phenoxy) is 2. The lowest BCUT2D eigenvalue weighted by atomic mass is 10.1. The Bertz CT molecular complexity index is 834. The Morgan fingerprint density at radius 1 is 0.885 bits per heavy atom. The Morgan fingerprint density at radius 2 is 1.42 bits per heavy atom. The first-order chi connectivity index (χ1) is 12.3. The monoisotopic (exact) mass is 375 g/mol. The highest BCUT2D eigenvalue weighted by molar-refractivity contribution is 7.88. The average Bonchev–Trinajstić information content (AvgIpc) is 2.55. The van der Waals surface area contributed by atoms with Crippen LogP contribution in [0.2, 0.25) is 0 Å². The predicted octanol–water partition coefficient (Wildman–Crippen LogP) is 3.90. The topological polar surface area (TPSA) is 55.8 Å². The molecule has 3 rings (SSSR count). The van der Waals surface area contributed by atoms with Crippen LogP contribution in [-0.4, -0.2) is 38.2 Å². The summed E-state index contributed by atoms with van der Waals surface area (Å²) in [5, 5.41) is 0. The van der Waals surface area contributed by atoms with Crippen LogP contribution in [0.5, 0.6) is 17.2 Å². The first kappa shape index (κ1) is 18.7. The minimum atomic E-state index is -3.10. The largest absolute Gasteiger partial charge is 0.490 e. The lowest BCUT2D eigenvalue weighted by Crippen LogP contribution is -2.41. The van der Waals surface area contributed by atoms with Gasteiger partial charge in [0.25, 0.3) is 0 Å². The van der Waals surface area contributed by atoms with Crippen LogP contribution in [0, 0.1) is 13.8 Å². The zero-order valence-corrected chi connectivity index (χ0v) is 16.3. The van der Waals surface area contributed by atoms with Gasteiger partial charge in [-0.05, 0) is 74.2 Å². The summed E-state index contributed by atoms with van der Waals surface area (Å²) in [6, 6.07) is 13.7. The summed E-state index contributed by atoms with van der Waals surface area (Å²) >= 11 is 0. The van der Waals surface area contributed by atoms with Gasteiger partial charge in [0.15, 0.2) is 0 Å². The van der Waals surface area contributed by atoms with Gasteiger partial charge >= 0.3 is 0 Å². The number of piperidine rings is 1. The molecule has 0 spiro atoms. The van der Waals surface area contributed by atoms with E-state index in [4.69, 9.17) is 9.47 Å². The maximum atomic E-state index is 11.6. The quantitative estimate of drug-likeness (QED) is 0.795. The fourth-order valence-electron chi connectivity index (χ4n) is 3.19. The number of rotatable bonds is 5. The molecule has 1 aliphatic rings. The van der Waals surface area contributed by atoms with Crippen molar-refractivity contribution < 1.29 is 17.9 Å². The van der Waals surface area contributed by atoms with Gasteiger partial charge in [0.2, 0.25) is 10.0 Å². The van der Waals surface area contributed by atoms with E-state index in [1.807, 2.05) is 50.2 Å². The van der Waals surface area contributed by atoms with Crippen molar-refractivity contribution in [3.63, 3.8) is 0 Å². The third-order valence-electron chi connectivity index (χ3n) is 4.43. The number of nitrogens with zero attached hydrogens (tertiary/aromatic N) is 1. The van der Waals surface area contributed by atoms with Gasteiger partial charge in [0.1, 0.15) is 23.4 Å². The molecule has 0 bridgehead atoms. The SMILES string of the molecule is Cc1cc(C)cc(Oc2ccc(OC3CCN(S(C)(=O)=O)CC3)cc2)c1. The Labute approximate surface area is 155 Å². The molecule has 2 aromatic carbocycles. The van der Waals surface area contributed by atoms with Crippen LogP contribution in [-0.2, 0) is 10.0 Å². The minimum absolute atomic E-state index is 0.0409. The molecule has 1 fully saturated rings. The van der Waals surface area contributed by atoms with Crippen molar-refractivity contribution in [2.45, 2.75) is 32.8 Å². The molecule has 0 amide bonds. The molecule has 0 saturated carbocycles. The number of hydrogen-bond donors (Lipinski definition) is 0. The highest BCUT2D eigenvalue weighted by Crippen LogP contribution is 2.27. The van der Waals surface area contributed by atoms with Crippen molar-refractivity contribution in [2.75, 3.05) is 19.3 Å². The van der Waals surface area contributed by atoms with Gasteiger partial charge in [-0.3, -0.25) is 0 Å². The Kier molecular flexibility index (Phi) is 5.53. The van der Waals surface area contributed by atoms with E-state index in [-0.39, 0.29) is 6.10 Å². The van der Waals surface area contributed by atoms with Gasteiger partial charge in [0, 0.05) is 13.1 Å². The highest BCUT2D eigenvalue weighted by Gasteiger charge is 2.25. The van der Waals surface area contributed by atoms with E-state index in [1.165, 1.54) is 21.7 Å². The molecule has 6 heteroatoms. The second-order valence-electron chi connectivity index (χ2n) is 6.88. The van der Waals surface area contributed by atoms with Crippen molar-refractivity contribution in [1.29, 1.82) is 0 Å². The molecule has 0 atom stereocenters. The van der Waals surface area contributed by atoms with Crippen LogP contribution in [0.1, 0.15) is 24.0 Å². The zero-order chi connectivity index (χ0) is 18.7. The first-order valence-electron chi connectivity index (χ1n) is 8.77. The molecular formula is C20H25NO4S. The molecule has 1 saturated heterocycles. The van der Waals surface area contributed by atoms with Crippen molar-refractivity contribution in [3.05, 3.63) is 53.6 Å². The Hall–Kier alpha value is -2.05. The number of sulfonamides is 1. The van der Waals surface area contributed by atoms with Crippen LogP contribution >= 0.6 is 0 Å². The van der Waals surface area contributed by atoms with Gasteiger partial charge in [-0.15, -0.1) is 0 Å². The predicted molar refractivity (Wildman–Crippen MR) is 102 cm³/mol. The smallest absolute Gasteiger partial charge is 0.211 e. The molecule has 1 aliphatic heterocycles. The summed E-state index contributed by atoms with van der Waals surface area (Å²) in [4.78, 5) is 0. The zero-order valence-electron chi connectivity index (χ0n) is 15.4. The van der Waals surface area contributed by atoms with Crippen LogP contribution in [0.4, 0.5) is 0 Å². The van der Waals surface area contributed by atoms with Crippen molar-refractivity contribution >= 4 is 10.0 Å². The molecule has 0 radical (unpaired) electrons. The lowest BCUT2D eigenvalue weighted by Gasteiger charge is -2.30. The van der Waals surface area contributed by atoms with Crippen molar-refractivity contribution in [2.24, 2.45) is 0 Å². The summed E-state index contributed by atoms with van der Waals surface area (Å²) in [5.74, 6) is 2.36. The molecule has 5 nitrogen and oxygen atoms in total. The minimum Gasteiger partial charge on any atom is -0.490 e. The van der Waals surface area contributed by atoms with E-state index < -0.39 is 10.0 Å². The van der Waals surface area contributed by atoms with Crippen LogP contribution in [0.3, 0.4) is 0 Å². The van der Waals surface area contributed by atoms with Crippen LogP contribution in [0.15, 0.2) is 42.5 Å². The average molecular weight is 375 g/mol. The van der Waals surface area contributed by atoms with Crippen LogP contribution in [0.25, 0.3) is 0 Å². The first-order valence-corrected chi connectivity index (χ1v) is 10.6. The summed E-state index contributed by atoms with van der Waals surface area (Å²) in [6.07, 6.45) is 2.70. The van der Waals surface area contributed by atoms with Gasteiger partial charge in [-0.2, -0.15) is 0 Å². The van der Waals surface area contributed by atoms with Crippen LogP contribution < -0.4 is 9.47 Å². The van der Waals surface area contributed by atoms with E-state index in [1.54, 1.807) is 0 Å². The summed E-state index contributed by atoms with van der Waals surface area (Å²) in [6.45, 7) is 5.12.